The van der Waals surface area contributed by atoms with E-state index in [4.69, 9.17) is 24.2 Å². The number of hydrogen-bond acceptors (Lipinski definition) is 10. The lowest BCUT2D eigenvalue weighted by atomic mass is 10.1. The topological polar surface area (TPSA) is 115 Å². The second-order valence-corrected chi connectivity index (χ2v) is 12.7. The fraction of sp³-hybridized carbons (Fsp3) is 0.581. The van der Waals surface area contributed by atoms with E-state index in [1.165, 1.54) is 23.8 Å². The number of aryl methyl sites for hydroxylation is 1. The lowest BCUT2D eigenvalue weighted by molar-refractivity contribution is 0.0192. The van der Waals surface area contributed by atoms with Gasteiger partial charge in [-0.3, -0.25) is 9.36 Å². The summed E-state index contributed by atoms with van der Waals surface area (Å²) in [5.41, 5.74) is -0.973. The molecular formula is C31H42FN7O5. The SMILES string of the molecule is COc1cccc(F)c1-n1c(C)nc2c(N3[C@@H](C)CN(C(=O)OC(C)(C)C)C[C@@H]3C)nc(OC[C@@H]3CCCN3C)nc2c1=O. The Labute approximate surface area is 256 Å². The molecule has 1 amide bonds. The molecule has 4 heterocycles. The Hall–Kier alpha value is -4.00. The fourth-order valence-corrected chi connectivity index (χ4v) is 6.10. The molecule has 3 aromatic rings. The molecule has 13 heteroatoms. The molecule has 0 saturated carbocycles. The first-order chi connectivity index (χ1) is 20.8. The molecule has 0 spiro atoms. The Morgan fingerprint density at radius 3 is 2.41 bits per heavy atom. The van der Waals surface area contributed by atoms with Gasteiger partial charge in [0.2, 0.25) is 0 Å². The molecule has 0 unspecified atom stereocenters. The average molecular weight is 612 g/mol. The van der Waals surface area contributed by atoms with Crippen LogP contribution >= 0.6 is 0 Å². The number of halogens is 1. The molecule has 2 saturated heterocycles. The summed E-state index contributed by atoms with van der Waals surface area (Å²) in [5, 5.41) is 0. The van der Waals surface area contributed by atoms with Crippen LogP contribution in [0.15, 0.2) is 23.0 Å². The van der Waals surface area contributed by atoms with E-state index in [1.807, 2.05) is 46.6 Å². The van der Waals surface area contributed by atoms with Crippen molar-refractivity contribution in [1.82, 2.24) is 29.3 Å². The number of methoxy groups -OCH3 is 1. The number of amides is 1. The number of aromatic nitrogens is 4. The molecule has 12 nitrogen and oxygen atoms in total. The molecule has 238 valence electrons. The quantitative estimate of drug-likeness (QED) is 0.406. The molecular weight excluding hydrogens is 569 g/mol. The predicted octanol–water partition coefficient (Wildman–Crippen LogP) is 3.94. The summed E-state index contributed by atoms with van der Waals surface area (Å²) in [7, 11) is 3.47. The second-order valence-electron chi connectivity index (χ2n) is 12.7. The van der Waals surface area contributed by atoms with Gasteiger partial charge in [0.15, 0.2) is 17.2 Å². The zero-order valence-corrected chi connectivity index (χ0v) is 26.8. The molecule has 2 aromatic heterocycles. The van der Waals surface area contributed by atoms with Crippen molar-refractivity contribution in [1.29, 1.82) is 0 Å². The number of anilines is 1. The third-order valence-electron chi connectivity index (χ3n) is 8.13. The second kappa shape index (κ2) is 12.2. The monoisotopic (exact) mass is 611 g/mol. The first-order valence-electron chi connectivity index (χ1n) is 15.0. The summed E-state index contributed by atoms with van der Waals surface area (Å²) >= 11 is 0. The maximum atomic E-state index is 15.2. The third-order valence-corrected chi connectivity index (χ3v) is 8.13. The minimum atomic E-state index is -0.633. The number of fused-ring (bicyclic) bond motifs is 1. The minimum Gasteiger partial charge on any atom is -0.494 e. The summed E-state index contributed by atoms with van der Waals surface area (Å²) in [5.74, 6) is 0.212. The van der Waals surface area contributed by atoms with Crippen LogP contribution in [0, 0.1) is 12.7 Å². The van der Waals surface area contributed by atoms with Gasteiger partial charge in [0.1, 0.15) is 35.0 Å². The summed E-state index contributed by atoms with van der Waals surface area (Å²) in [4.78, 5) is 47.2. The van der Waals surface area contributed by atoms with Crippen molar-refractivity contribution < 1.29 is 23.4 Å². The van der Waals surface area contributed by atoms with Crippen LogP contribution in [0.5, 0.6) is 11.8 Å². The Morgan fingerprint density at radius 1 is 1.09 bits per heavy atom. The van der Waals surface area contributed by atoms with Crippen LogP contribution < -0.4 is 19.9 Å². The van der Waals surface area contributed by atoms with Gasteiger partial charge in [0.05, 0.1) is 7.11 Å². The van der Waals surface area contributed by atoms with Crippen molar-refractivity contribution in [2.24, 2.45) is 0 Å². The Bertz CT molecular complexity index is 1590. The van der Waals surface area contributed by atoms with Gasteiger partial charge in [0, 0.05) is 31.2 Å². The molecule has 5 rings (SSSR count). The number of likely N-dealkylation sites (tertiary alicyclic amines) is 1. The van der Waals surface area contributed by atoms with E-state index in [0.29, 0.717) is 25.5 Å². The van der Waals surface area contributed by atoms with Gasteiger partial charge < -0.3 is 28.9 Å². The number of carbonyl (C=O) groups excluding carboxylic acids is 1. The van der Waals surface area contributed by atoms with Crippen LogP contribution in [0.25, 0.3) is 16.7 Å². The number of rotatable bonds is 6. The summed E-state index contributed by atoms with van der Waals surface area (Å²) < 4.78 is 33.5. The molecule has 2 fully saturated rings. The van der Waals surface area contributed by atoms with Crippen LogP contribution in [0.2, 0.25) is 0 Å². The first-order valence-corrected chi connectivity index (χ1v) is 15.0. The van der Waals surface area contributed by atoms with Gasteiger partial charge in [-0.25, -0.2) is 14.2 Å². The van der Waals surface area contributed by atoms with Crippen LogP contribution in [0.3, 0.4) is 0 Å². The Kier molecular flexibility index (Phi) is 8.70. The number of carbonyl (C=O) groups is 1. The largest absolute Gasteiger partial charge is 0.494 e. The van der Waals surface area contributed by atoms with E-state index >= 15 is 4.39 Å². The molecule has 3 atom stereocenters. The van der Waals surface area contributed by atoms with Gasteiger partial charge >= 0.3 is 12.1 Å². The highest BCUT2D eigenvalue weighted by atomic mass is 19.1. The van der Waals surface area contributed by atoms with Crippen LogP contribution in [0.1, 0.15) is 53.3 Å². The number of likely N-dealkylation sites (N-methyl/N-ethyl adjacent to an activating group) is 1. The molecule has 0 N–H and O–H groups in total. The van der Waals surface area contributed by atoms with Crippen LogP contribution in [0.4, 0.5) is 15.0 Å². The summed E-state index contributed by atoms with van der Waals surface area (Å²) in [6, 6.07) is 4.17. The zero-order chi connectivity index (χ0) is 31.9. The number of piperazine rings is 1. The molecule has 0 bridgehead atoms. The van der Waals surface area contributed by atoms with E-state index in [9.17, 15) is 9.59 Å². The molecule has 44 heavy (non-hydrogen) atoms. The van der Waals surface area contributed by atoms with Crippen molar-refractivity contribution in [2.45, 2.75) is 78.1 Å². The molecule has 1 aromatic carbocycles. The van der Waals surface area contributed by atoms with Crippen molar-refractivity contribution in [3.05, 3.63) is 40.2 Å². The lowest BCUT2D eigenvalue weighted by Gasteiger charge is -2.45. The number of ether oxygens (including phenoxy) is 3. The van der Waals surface area contributed by atoms with E-state index < -0.39 is 17.0 Å². The molecule has 0 aliphatic carbocycles. The van der Waals surface area contributed by atoms with E-state index in [2.05, 4.69) is 9.88 Å². The highest BCUT2D eigenvalue weighted by Gasteiger charge is 2.37. The lowest BCUT2D eigenvalue weighted by Crippen LogP contribution is -2.59. The summed E-state index contributed by atoms with van der Waals surface area (Å²) in [6.45, 7) is 13.2. The first kappa shape index (κ1) is 31.4. The standard InChI is InChI=1S/C31H42FN7O5/c1-18-15-37(30(41)44-31(4,5)6)16-19(2)38(18)27-24-25(34-29(35-27)43-17-21-11-10-14-36(21)7)28(40)39(20(3)33-24)26-22(32)12-9-13-23(26)42-8/h9,12-13,18-19,21H,10-11,14-17H2,1-8H3/t18-,19-,21-/m0/s1. The van der Waals surface area contributed by atoms with Crippen molar-refractivity contribution in [3.8, 4) is 17.4 Å². The average Bonchev–Trinajstić information content (AvgIpc) is 3.36. The molecule has 0 radical (unpaired) electrons. The van der Waals surface area contributed by atoms with Crippen molar-refractivity contribution >= 4 is 22.9 Å². The van der Waals surface area contributed by atoms with E-state index in [-0.39, 0.29) is 58.5 Å². The Morgan fingerprint density at radius 2 is 1.80 bits per heavy atom. The maximum absolute atomic E-state index is 15.2. The smallest absolute Gasteiger partial charge is 0.410 e. The predicted molar refractivity (Wildman–Crippen MR) is 165 cm³/mol. The normalized spacial score (nSPS) is 21.2. The van der Waals surface area contributed by atoms with Gasteiger partial charge in [-0.05, 0) is 80.1 Å². The fourth-order valence-electron chi connectivity index (χ4n) is 6.10. The third kappa shape index (κ3) is 6.15. The number of nitrogens with zero attached hydrogens (tertiary/aromatic N) is 7. The van der Waals surface area contributed by atoms with Gasteiger partial charge in [-0.15, -0.1) is 0 Å². The van der Waals surface area contributed by atoms with Gasteiger partial charge in [-0.1, -0.05) is 6.07 Å². The minimum absolute atomic E-state index is 0.00495. The van der Waals surface area contributed by atoms with Gasteiger partial charge in [0.25, 0.3) is 5.56 Å². The summed E-state index contributed by atoms with van der Waals surface area (Å²) in [6.07, 6.45) is 1.67. The van der Waals surface area contributed by atoms with Crippen LogP contribution in [-0.2, 0) is 4.74 Å². The van der Waals surface area contributed by atoms with E-state index in [0.717, 1.165) is 19.4 Å². The highest BCUT2D eigenvalue weighted by Crippen LogP contribution is 2.32. The number of para-hydroxylation sites is 1. The maximum Gasteiger partial charge on any atom is 0.410 e. The highest BCUT2D eigenvalue weighted by molar-refractivity contribution is 5.86. The van der Waals surface area contributed by atoms with Crippen molar-refractivity contribution in [3.63, 3.8) is 0 Å². The number of hydrogen-bond donors (Lipinski definition) is 0. The molecule has 2 aliphatic heterocycles. The number of benzene rings is 1. The zero-order valence-electron chi connectivity index (χ0n) is 26.8. The van der Waals surface area contributed by atoms with Gasteiger partial charge in [-0.2, -0.15) is 9.97 Å². The van der Waals surface area contributed by atoms with Crippen LogP contribution in [-0.4, -0.2) is 99.5 Å². The van der Waals surface area contributed by atoms with E-state index in [1.54, 1.807) is 17.9 Å². The Balaban J connectivity index is 1.62. The van der Waals surface area contributed by atoms with Crippen molar-refractivity contribution in [2.75, 3.05) is 45.3 Å². The molecule has 2 aliphatic rings.